The molecular formula is C48H47N7O7. The summed E-state index contributed by atoms with van der Waals surface area (Å²) in [4.78, 5) is 74.8. The van der Waals surface area contributed by atoms with Crippen molar-refractivity contribution in [2.24, 2.45) is 5.92 Å². The normalized spacial score (nSPS) is 29.7. The largest absolute Gasteiger partial charge is 0.490 e. The number of nitrogens with zero attached hydrogens (tertiary/aromatic N) is 5. The number of carbonyl (C=O) groups excluding carboxylic acids is 5. The number of hydrogen-bond donors (Lipinski definition) is 2. The first-order chi connectivity index (χ1) is 29.9. The molecular weight excluding hydrogens is 787 g/mol. The zero-order chi connectivity index (χ0) is 42.8. The van der Waals surface area contributed by atoms with Gasteiger partial charge in [0.05, 0.1) is 39.1 Å². The molecule has 0 bridgehead atoms. The predicted octanol–water partition coefficient (Wildman–Crippen LogP) is 4.76. The van der Waals surface area contributed by atoms with Crippen molar-refractivity contribution in [1.82, 2.24) is 25.4 Å². The lowest BCUT2D eigenvalue weighted by Crippen LogP contribution is -2.83. The number of benzene rings is 3. The van der Waals surface area contributed by atoms with E-state index in [9.17, 15) is 29.2 Å². The number of aromatic nitrogens is 1. The second-order valence-corrected chi connectivity index (χ2v) is 18.5. The number of imide groups is 2. The van der Waals surface area contributed by atoms with Crippen LogP contribution >= 0.6 is 0 Å². The van der Waals surface area contributed by atoms with E-state index in [1.807, 2.05) is 18.2 Å². The van der Waals surface area contributed by atoms with Crippen LogP contribution in [0.3, 0.4) is 0 Å². The molecule has 3 unspecified atom stereocenters. The zero-order valence-corrected chi connectivity index (χ0v) is 34.9. The number of piperidine rings is 2. The number of hydrogen-bond acceptors (Lipinski definition) is 11. The SMILES string of the molecule is CCN(CC1CCN(c2ccc3c(c2)C2(C)[C@H](NC3=O)C3(C)c4ccnc5c(C#N)ccc(c45)O[C@@H]23)CC1)C1CC(Oc2ccc3c(c2)C(=O)N(C2CCC(=O)NC2=O)C3=O)C1. The molecule has 3 aromatic carbocycles. The van der Waals surface area contributed by atoms with Crippen molar-refractivity contribution >= 4 is 46.1 Å². The lowest BCUT2D eigenvalue weighted by Gasteiger charge is -2.68. The summed E-state index contributed by atoms with van der Waals surface area (Å²) < 4.78 is 13.2. The van der Waals surface area contributed by atoms with E-state index >= 15 is 0 Å². The second-order valence-electron chi connectivity index (χ2n) is 18.5. The van der Waals surface area contributed by atoms with Crippen molar-refractivity contribution in [3.05, 3.63) is 94.2 Å². The molecule has 2 aliphatic carbocycles. The molecule has 14 heteroatoms. The molecule has 2 saturated heterocycles. The maximum Gasteiger partial charge on any atom is 0.262 e. The standard InChI is InChI=1S/C48H47N7O7/c1-4-53(28-19-30(20-28)61-29-7-9-31-33(22-29)44(60)55(43(31)59)36-10-12-38(56)51-42(36)58)24-25-14-17-54(18-15-25)27-6-8-32-35(21-27)48(3)45(52-41(32)57)47(2)34-13-16-50-40-26(23-49)5-11-37(39(34)40)62-46(47)48/h5-9,11,13,16,21-22,25,28,30,36,45-46H,4,10,12,14-15,17-20,24H2,1-3H3,(H,52,57)(H,51,56,58)/t28?,30?,36?,45-,46-,47?,48?/m1/s1. The van der Waals surface area contributed by atoms with Crippen LogP contribution in [0.1, 0.15) is 107 Å². The van der Waals surface area contributed by atoms with Crippen LogP contribution in [0.2, 0.25) is 0 Å². The highest BCUT2D eigenvalue weighted by molar-refractivity contribution is 6.23. The molecule has 5 atom stereocenters. The van der Waals surface area contributed by atoms with Crippen molar-refractivity contribution in [1.29, 1.82) is 5.26 Å². The van der Waals surface area contributed by atoms with Crippen LogP contribution in [-0.4, -0.2) is 101 Å². The maximum atomic E-state index is 13.7. The molecule has 316 valence electrons. The Labute approximate surface area is 358 Å². The third-order valence-electron chi connectivity index (χ3n) is 15.4. The molecule has 7 aliphatic rings. The Morgan fingerprint density at radius 2 is 1.68 bits per heavy atom. The molecule has 5 aliphatic heterocycles. The highest BCUT2D eigenvalue weighted by atomic mass is 16.5. The average molecular weight is 834 g/mol. The highest BCUT2D eigenvalue weighted by Gasteiger charge is 2.73. The number of rotatable bonds is 8. The molecule has 5 amide bonds. The Morgan fingerprint density at radius 3 is 2.44 bits per heavy atom. The minimum absolute atomic E-state index is 0.00986. The van der Waals surface area contributed by atoms with Gasteiger partial charge in [-0.25, -0.2) is 0 Å². The van der Waals surface area contributed by atoms with Gasteiger partial charge in [-0.1, -0.05) is 6.92 Å². The first-order valence-electron chi connectivity index (χ1n) is 21.9. The van der Waals surface area contributed by atoms with E-state index < -0.39 is 40.5 Å². The van der Waals surface area contributed by atoms with Crippen LogP contribution in [0.5, 0.6) is 11.5 Å². The smallest absolute Gasteiger partial charge is 0.262 e. The Morgan fingerprint density at radius 1 is 0.919 bits per heavy atom. The van der Waals surface area contributed by atoms with Crippen LogP contribution in [-0.2, 0) is 20.4 Å². The van der Waals surface area contributed by atoms with Crippen molar-refractivity contribution < 1.29 is 33.4 Å². The zero-order valence-electron chi connectivity index (χ0n) is 34.9. The molecule has 1 aromatic heterocycles. The molecule has 62 heavy (non-hydrogen) atoms. The van der Waals surface area contributed by atoms with Gasteiger partial charge in [0, 0.05) is 67.8 Å². The van der Waals surface area contributed by atoms with Crippen LogP contribution in [0, 0.1) is 17.2 Å². The molecule has 0 spiro atoms. The molecule has 2 N–H and O–H groups in total. The quantitative estimate of drug-likeness (QED) is 0.235. The van der Waals surface area contributed by atoms with Gasteiger partial charge < -0.3 is 24.6 Å². The number of fused-ring (bicyclic) bond motifs is 8. The minimum atomic E-state index is -1.00. The molecule has 2 saturated carbocycles. The predicted molar refractivity (Wildman–Crippen MR) is 226 cm³/mol. The molecule has 6 heterocycles. The summed E-state index contributed by atoms with van der Waals surface area (Å²) in [5, 5.41) is 16.3. The number of nitrogens with one attached hydrogen (secondary N) is 2. The lowest BCUT2D eigenvalue weighted by molar-refractivity contribution is -0.136. The van der Waals surface area contributed by atoms with E-state index in [2.05, 4.69) is 64.4 Å². The Kier molecular flexibility index (Phi) is 8.61. The van der Waals surface area contributed by atoms with Crippen molar-refractivity contribution in [2.45, 2.75) is 100 Å². The van der Waals surface area contributed by atoms with Gasteiger partial charge in [0.2, 0.25) is 11.8 Å². The summed E-state index contributed by atoms with van der Waals surface area (Å²) in [7, 11) is 0. The van der Waals surface area contributed by atoms with Gasteiger partial charge in [0.1, 0.15) is 35.8 Å². The summed E-state index contributed by atoms with van der Waals surface area (Å²) in [5.41, 5.74) is 4.50. The Hall–Kier alpha value is -6.33. The second kappa shape index (κ2) is 13.8. The van der Waals surface area contributed by atoms with E-state index in [1.54, 1.807) is 30.5 Å². The fraction of sp³-hybridized carbons (Fsp3) is 0.438. The van der Waals surface area contributed by atoms with Crippen LogP contribution in [0.15, 0.2) is 60.8 Å². The summed E-state index contributed by atoms with van der Waals surface area (Å²) in [5.74, 6) is -0.380. The fourth-order valence-electron chi connectivity index (χ4n) is 12.1. The summed E-state index contributed by atoms with van der Waals surface area (Å²) >= 11 is 0. The minimum Gasteiger partial charge on any atom is -0.490 e. The van der Waals surface area contributed by atoms with Crippen molar-refractivity contribution in [2.75, 3.05) is 31.1 Å². The fourth-order valence-corrected chi connectivity index (χ4v) is 12.1. The monoisotopic (exact) mass is 833 g/mol. The van der Waals surface area contributed by atoms with Gasteiger partial charge in [0.15, 0.2) is 0 Å². The number of pyridine rings is 1. The van der Waals surface area contributed by atoms with E-state index in [1.165, 1.54) is 0 Å². The van der Waals surface area contributed by atoms with Crippen LogP contribution < -0.4 is 25.0 Å². The Balaban J connectivity index is 0.722. The van der Waals surface area contributed by atoms with E-state index in [0.29, 0.717) is 34.4 Å². The molecule has 11 rings (SSSR count). The summed E-state index contributed by atoms with van der Waals surface area (Å²) in [6.45, 7) is 10.4. The number of anilines is 1. The molecule has 4 fully saturated rings. The first-order valence-corrected chi connectivity index (χ1v) is 21.9. The topological polar surface area (TPSA) is 174 Å². The van der Waals surface area contributed by atoms with E-state index in [-0.39, 0.29) is 48.1 Å². The Bertz CT molecular complexity index is 2700. The van der Waals surface area contributed by atoms with Crippen molar-refractivity contribution in [3.63, 3.8) is 0 Å². The number of amides is 5. The van der Waals surface area contributed by atoms with E-state index in [4.69, 9.17) is 9.47 Å². The maximum absolute atomic E-state index is 13.7. The first kappa shape index (κ1) is 38.6. The average Bonchev–Trinajstić information content (AvgIpc) is 3.51. The summed E-state index contributed by atoms with van der Waals surface area (Å²) in [6.07, 6.45) is 5.55. The van der Waals surface area contributed by atoms with Gasteiger partial charge in [-0.3, -0.25) is 39.2 Å². The summed E-state index contributed by atoms with van der Waals surface area (Å²) in [6, 6.07) is 18.3. The highest BCUT2D eigenvalue weighted by Crippen LogP contribution is 2.64. The van der Waals surface area contributed by atoms with Gasteiger partial charge in [-0.2, -0.15) is 5.26 Å². The van der Waals surface area contributed by atoms with Crippen LogP contribution in [0.25, 0.3) is 10.9 Å². The molecule has 0 radical (unpaired) electrons. The third kappa shape index (κ3) is 5.42. The van der Waals surface area contributed by atoms with Gasteiger partial charge in [-0.15, -0.1) is 0 Å². The number of carbonyl (C=O) groups is 5. The molecule has 14 nitrogen and oxygen atoms in total. The lowest BCUT2D eigenvalue weighted by atomic mass is 9.41. The number of ether oxygens (including phenoxy) is 2. The van der Waals surface area contributed by atoms with Gasteiger partial charge >= 0.3 is 0 Å². The van der Waals surface area contributed by atoms with Gasteiger partial charge in [0.25, 0.3) is 17.7 Å². The van der Waals surface area contributed by atoms with Crippen LogP contribution in [0.4, 0.5) is 5.69 Å². The van der Waals surface area contributed by atoms with E-state index in [0.717, 1.165) is 84.7 Å². The van der Waals surface area contributed by atoms with Crippen molar-refractivity contribution in [3.8, 4) is 17.6 Å². The molecule has 4 aromatic rings. The van der Waals surface area contributed by atoms with Gasteiger partial charge in [-0.05, 0) is 111 Å². The third-order valence-corrected chi connectivity index (χ3v) is 15.4. The number of nitriles is 1.